The van der Waals surface area contributed by atoms with Crippen LogP contribution in [0.3, 0.4) is 0 Å². The standard InChI is InChI=1S/C27H31ClN4O4/c1-4-36-26(34)23-22(30(3)27(35)29-24(23)19-9-7-8-18(2)16-19)17-31-12-14-32(15-13-31)25(33)20-10-5-6-11-21(20)28/h5-11,16,24H,4,12-15,17H2,1-3H3,(H,29,35). The molecule has 2 aromatic rings. The van der Waals surface area contributed by atoms with Crippen molar-refractivity contribution in [1.29, 1.82) is 0 Å². The number of aryl methyl sites for hydroxylation is 1. The van der Waals surface area contributed by atoms with Crippen LogP contribution in [0.4, 0.5) is 4.79 Å². The van der Waals surface area contributed by atoms with Gasteiger partial charge in [0.2, 0.25) is 0 Å². The number of ether oxygens (including phenoxy) is 1. The van der Waals surface area contributed by atoms with E-state index in [1.54, 1.807) is 43.1 Å². The molecule has 3 amide bonds. The smallest absolute Gasteiger partial charge is 0.338 e. The Kier molecular flexibility index (Phi) is 7.96. The minimum absolute atomic E-state index is 0.0969. The second-order valence-electron chi connectivity index (χ2n) is 8.98. The summed E-state index contributed by atoms with van der Waals surface area (Å²) in [5, 5.41) is 3.39. The zero-order valence-corrected chi connectivity index (χ0v) is 21.5. The van der Waals surface area contributed by atoms with Crippen LogP contribution in [0.1, 0.15) is 34.5 Å². The number of benzene rings is 2. The molecule has 0 saturated carbocycles. The Morgan fingerprint density at radius 3 is 2.47 bits per heavy atom. The van der Waals surface area contributed by atoms with Gasteiger partial charge in [-0.25, -0.2) is 9.59 Å². The molecule has 190 valence electrons. The van der Waals surface area contributed by atoms with Crippen molar-refractivity contribution >= 4 is 29.5 Å². The zero-order chi connectivity index (χ0) is 25.8. The summed E-state index contributed by atoms with van der Waals surface area (Å²) in [7, 11) is 1.66. The molecule has 36 heavy (non-hydrogen) atoms. The molecule has 0 aromatic heterocycles. The zero-order valence-electron chi connectivity index (χ0n) is 20.8. The lowest BCUT2D eigenvalue weighted by Crippen LogP contribution is -2.53. The van der Waals surface area contributed by atoms with Gasteiger partial charge in [0.1, 0.15) is 0 Å². The van der Waals surface area contributed by atoms with Gasteiger partial charge in [-0.2, -0.15) is 0 Å². The molecule has 0 spiro atoms. The fourth-order valence-electron chi connectivity index (χ4n) is 4.62. The normalized spacial score (nSPS) is 18.8. The SMILES string of the molecule is CCOC(=O)C1=C(CN2CCN(C(=O)c3ccccc3Cl)CC2)N(C)C(=O)NC1c1cccc(C)c1. The minimum Gasteiger partial charge on any atom is -0.463 e. The second kappa shape index (κ2) is 11.1. The molecule has 1 unspecified atom stereocenters. The fourth-order valence-corrected chi connectivity index (χ4v) is 4.84. The molecule has 2 heterocycles. The molecular weight excluding hydrogens is 480 g/mol. The van der Waals surface area contributed by atoms with Crippen LogP contribution < -0.4 is 5.32 Å². The van der Waals surface area contributed by atoms with Gasteiger partial charge < -0.3 is 15.0 Å². The third-order valence-electron chi connectivity index (χ3n) is 6.58. The first-order valence-electron chi connectivity index (χ1n) is 12.1. The fraction of sp³-hybridized carbons (Fsp3) is 0.370. The Labute approximate surface area is 216 Å². The summed E-state index contributed by atoms with van der Waals surface area (Å²) in [5.74, 6) is -0.543. The van der Waals surface area contributed by atoms with Crippen LogP contribution in [0.2, 0.25) is 5.02 Å². The number of rotatable bonds is 6. The number of nitrogens with zero attached hydrogens (tertiary/aromatic N) is 3. The van der Waals surface area contributed by atoms with E-state index in [0.717, 1.165) is 11.1 Å². The number of likely N-dealkylation sites (N-methyl/N-ethyl adjacent to an activating group) is 1. The van der Waals surface area contributed by atoms with Gasteiger partial charge in [-0.3, -0.25) is 14.6 Å². The van der Waals surface area contributed by atoms with Crippen molar-refractivity contribution in [3.05, 3.63) is 81.5 Å². The monoisotopic (exact) mass is 510 g/mol. The maximum atomic E-state index is 13.2. The van der Waals surface area contributed by atoms with E-state index in [1.807, 2.05) is 31.2 Å². The average Bonchev–Trinajstić information content (AvgIpc) is 2.87. The molecule has 1 fully saturated rings. The lowest BCUT2D eigenvalue weighted by molar-refractivity contribution is -0.139. The van der Waals surface area contributed by atoms with E-state index >= 15 is 0 Å². The summed E-state index contributed by atoms with van der Waals surface area (Å²) in [6.45, 7) is 6.58. The van der Waals surface area contributed by atoms with Gasteiger partial charge in [0.15, 0.2) is 0 Å². The maximum Gasteiger partial charge on any atom is 0.338 e. The lowest BCUT2D eigenvalue weighted by Gasteiger charge is -2.39. The number of carbonyl (C=O) groups excluding carboxylic acids is 3. The van der Waals surface area contributed by atoms with Crippen LogP contribution in [0, 0.1) is 6.92 Å². The predicted molar refractivity (Wildman–Crippen MR) is 138 cm³/mol. The van der Waals surface area contributed by atoms with Gasteiger partial charge in [-0.15, -0.1) is 0 Å². The highest BCUT2D eigenvalue weighted by Gasteiger charge is 2.38. The molecular formula is C27H31ClN4O4. The third kappa shape index (κ3) is 5.39. The molecule has 9 heteroatoms. The van der Waals surface area contributed by atoms with Crippen molar-refractivity contribution in [1.82, 2.24) is 20.0 Å². The minimum atomic E-state index is -0.606. The number of amides is 3. The molecule has 0 radical (unpaired) electrons. The van der Waals surface area contributed by atoms with Crippen LogP contribution in [-0.2, 0) is 9.53 Å². The van der Waals surface area contributed by atoms with E-state index < -0.39 is 12.0 Å². The van der Waals surface area contributed by atoms with Crippen LogP contribution in [-0.4, -0.2) is 79.0 Å². The summed E-state index contributed by atoms with van der Waals surface area (Å²) in [6, 6.07) is 13.9. The number of urea groups is 1. The number of carbonyl (C=O) groups is 3. The van der Waals surface area contributed by atoms with Crippen LogP contribution in [0.25, 0.3) is 0 Å². The molecule has 0 bridgehead atoms. The summed E-state index contributed by atoms with van der Waals surface area (Å²) >= 11 is 6.22. The molecule has 1 saturated heterocycles. The van der Waals surface area contributed by atoms with Crippen molar-refractivity contribution in [3.8, 4) is 0 Å². The molecule has 1 N–H and O–H groups in total. The van der Waals surface area contributed by atoms with Crippen LogP contribution >= 0.6 is 11.6 Å². The van der Waals surface area contributed by atoms with Gasteiger partial charge in [-0.1, -0.05) is 53.6 Å². The van der Waals surface area contributed by atoms with E-state index in [0.29, 0.717) is 54.6 Å². The van der Waals surface area contributed by atoms with Crippen LogP contribution in [0.5, 0.6) is 0 Å². The molecule has 1 atom stereocenters. The second-order valence-corrected chi connectivity index (χ2v) is 9.39. The van der Waals surface area contributed by atoms with Crippen molar-refractivity contribution < 1.29 is 19.1 Å². The average molecular weight is 511 g/mol. The van der Waals surface area contributed by atoms with Crippen molar-refractivity contribution in [3.63, 3.8) is 0 Å². The summed E-state index contributed by atoms with van der Waals surface area (Å²) in [5.41, 5.74) is 3.38. The number of nitrogens with one attached hydrogen (secondary N) is 1. The number of esters is 1. The van der Waals surface area contributed by atoms with E-state index in [-0.39, 0.29) is 18.5 Å². The molecule has 0 aliphatic carbocycles. The topological polar surface area (TPSA) is 82.2 Å². The molecule has 8 nitrogen and oxygen atoms in total. The number of hydrogen-bond donors (Lipinski definition) is 1. The van der Waals surface area contributed by atoms with Gasteiger partial charge in [0, 0.05) is 45.5 Å². The van der Waals surface area contributed by atoms with Gasteiger partial charge in [0.05, 0.1) is 28.8 Å². The maximum absolute atomic E-state index is 13.2. The molecule has 2 aromatic carbocycles. The van der Waals surface area contributed by atoms with E-state index in [2.05, 4.69) is 10.2 Å². The number of halogens is 1. The highest BCUT2D eigenvalue weighted by molar-refractivity contribution is 6.33. The Hall–Kier alpha value is -3.36. The van der Waals surface area contributed by atoms with Gasteiger partial charge >= 0.3 is 12.0 Å². The number of piperazine rings is 1. The van der Waals surface area contributed by atoms with Crippen molar-refractivity contribution in [2.45, 2.75) is 19.9 Å². The quantitative estimate of drug-likeness (QED) is 0.600. The first-order chi connectivity index (χ1) is 17.3. The molecule has 4 rings (SSSR count). The van der Waals surface area contributed by atoms with Crippen molar-refractivity contribution in [2.75, 3.05) is 46.4 Å². The van der Waals surface area contributed by atoms with Crippen molar-refractivity contribution in [2.24, 2.45) is 0 Å². The highest BCUT2D eigenvalue weighted by Crippen LogP contribution is 2.32. The Balaban J connectivity index is 1.57. The first-order valence-corrected chi connectivity index (χ1v) is 12.4. The molecule has 2 aliphatic rings. The van der Waals surface area contributed by atoms with E-state index in [9.17, 15) is 14.4 Å². The van der Waals surface area contributed by atoms with E-state index in [4.69, 9.17) is 16.3 Å². The Morgan fingerprint density at radius 2 is 1.81 bits per heavy atom. The third-order valence-corrected chi connectivity index (χ3v) is 6.91. The Morgan fingerprint density at radius 1 is 1.08 bits per heavy atom. The largest absolute Gasteiger partial charge is 0.463 e. The lowest BCUT2D eigenvalue weighted by atomic mass is 9.93. The Bertz CT molecular complexity index is 1190. The summed E-state index contributed by atoms with van der Waals surface area (Å²) in [6.07, 6.45) is 0. The first kappa shape index (κ1) is 25.7. The van der Waals surface area contributed by atoms with Crippen LogP contribution in [0.15, 0.2) is 59.8 Å². The summed E-state index contributed by atoms with van der Waals surface area (Å²) in [4.78, 5) is 44.4. The number of hydrogen-bond acceptors (Lipinski definition) is 5. The highest BCUT2D eigenvalue weighted by atomic mass is 35.5. The van der Waals surface area contributed by atoms with Gasteiger partial charge in [-0.05, 0) is 31.5 Å². The van der Waals surface area contributed by atoms with E-state index in [1.165, 1.54) is 4.90 Å². The van der Waals surface area contributed by atoms with Gasteiger partial charge in [0.25, 0.3) is 5.91 Å². The molecule has 2 aliphatic heterocycles. The summed E-state index contributed by atoms with van der Waals surface area (Å²) < 4.78 is 5.42. The predicted octanol–water partition coefficient (Wildman–Crippen LogP) is 3.62.